The number of nitrogens with zero attached hydrogens (tertiary/aromatic N) is 1. The topological polar surface area (TPSA) is 37.0 Å². The summed E-state index contributed by atoms with van der Waals surface area (Å²) in [6, 6.07) is 7.25. The summed E-state index contributed by atoms with van der Waals surface area (Å²) >= 11 is 0. The molecule has 1 aromatic carbocycles. The van der Waals surface area contributed by atoms with Crippen molar-refractivity contribution in [3.63, 3.8) is 0 Å². The molecule has 1 heterocycles. The maximum absolute atomic E-state index is 14.2. The van der Waals surface area contributed by atoms with E-state index in [0.717, 1.165) is 37.2 Å². The third kappa shape index (κ3) is 6.21. The maximum atomic E-state index is 14.2. The first-order valence-electron chi connectivity index (χ1n) is 9.69. The van der Waals surface area contributed by atoms with E-state index in [4.69, 9.17) is 0 Å². The van der Waals surface area contributed by atoms with Crippen LogP contribution in [0, 0.1) is 5.82 Å². The van der Waals surface area contributed by atoms with Crippen LogP contribution in [0.15, 0.2) is 49.3 Å². The van der Waals surface area contributed by atoms with Crippen LogP contribution in [0.4, 0.5) is 23.4 Å². The Morgan fingerprint density at radius 1 is 1.21 bits per heavy atom. The molecule has 7 heteroatoms. The molecule has 2 unspecified atom stereocenters. The Balaban J connectivity index is 2.24. The van der Waals surface area contributed by atoms with Crippen LogP contribution >= 0.6 is 0 Å². The van der Waals surface area contributed by atoms with Gasteiger partial charge in [-0.3, -0.25) is 0 Å². The molecule has 1 aromatic heterocycles. The summed E-state index contributed by atoms with van der Waals surface area (Å²) < 4.78 is 52.6. The lowest BCUT2D eigenvalue weighted by molar-refractivity contribution is -0.137. The summed E-state index contributed by atoms with van der Waals surface area (Å²) in [5, 5.41) is 6.29. The van der Waals surface area contributed by atoms with E-state index in [9.17, 15) is 17.6 Å². The zero-order valence-electron chi connectivity index (χ0n) is 16.7. The Hall–Kier alpha value is -2.57. The largest absolute Gasteiger partial charge is 0.417 e. The molecule has 158 valence electrons. The van der Waals surface area contributed by atoms with Crippen molar-refractivity contribution in [2.24, 2.45) is 0 Å². The molecule has 2 rings (SSSR count). The summed E-state index contributed by atoms with van der Waals surface area (Å²) in [5.74, 6) is 0.0611. The van der Waals surface area contributed by atoms with Crippen molar-refractivity contribution in [3.8, 4) is 0 Å². The van der Waals surface area contributed by atoms with Crippen molar-refractivity contribution in [1.82, 2.24) is 10.3 Å². The van der Waals surface area contributed by atoms with Gasteiger partial charge in [0.15, 0.2) is 0 Å². The molecule has 2 aromatic rings. The standard InChI is InChI=1S/C22H27F4N3/c1-4-17-18(8-6-9-19(17)23)15(3)20(10-7-13-27-5-2)29-21-12-11-16(14-28-21)22(24,25)26/h5-6,8-9,11-12,14-15,20,27H,2,4,7,10,13H2,1,3H3,(H,28,29). The van der Waals surface area contributed by atoms with Gasteiger partial charge in [-0.2, -0.15) is 13.2 Å². The molecule has 0 radical (unpaired) electrons. The number of aromatic nitrogens is 1. The Morgan fingerprint density at radius 2 is 1.97 bits per heavy atom. The highest BCUT2D eigenvalue weighted by Gasteiger charge is 2.31. The van der Waals surface area contributed by atoms with Crippen LogP contribution in [0.25, 0.3) is 0 Å². The summed E-state index contributed by atoms with van der Waals surface area (Å²) in [7, 11) is 0. The van der Waals surface area contributed by atoms with Crippen LogP contribution < -0.4 is 10.6 Å². The third-order valence-corrected chi connectivity index (χ3v) is 5.01. The molecule has 0 aliphatic rings. The van der Waals surface area contributed by atoms with E-state index in [-0.39, 0.29) is 17.8 Å². The predicted octanol–water partition coefficient (Wildman–Crippen LogP) is 5.90. The zero-order chi connectivity index (χ0) is 21.4. The Labute approximate surface area is 169 Å². The second-order valence-corrected chi connectivity index (χ2v) is 6.93. The van der Waals surface area contributed by atoms with E-state index in [1.165, 1.54) is 12.1 Å². The van der Waals surface area contributed by atoms with Gasteiger partial charge in [-0.25, -0.2) is 9.37 Å². The van der Waals surface area contributed by atoms with Gasteiger partial charge in [0.25, 0.3) is 0 Å². The van der Waals surface area contributed by atoms with E-state index >= 15 is 0 Å². The molecule has 0 saturated carbocycles. The summed E-state index contributed by atoms with van der Waals surface area (Å²) in [6.45, 7) is 8.24. The fraction of sp³-hybridized carbons (Fsp3) is 0.409. The van der Waals surface area contributed by atoms with E-state index < -0.39 is 11.7 Å². The molecule has 0 amide bonds. The molecular formula is C22H27F4N3. The number of hydrogen-bond donors (Lipinski definition) is 2. The van der Waals surface area contributed by atoms with Gasteiger partial charge in [-0.15, -0.1) is 0 Å². The van der Waals surface area contributed by atoms with Crippen molar-refractivity contribution in [2.45, 2.75) is 51.2 Å². The first-order valence-corrected chi connectivity index (χ1v) is 9.69. The third-order valence-electron chi connectivity index (χ3n) is 5.01. The van der Waals surface area contributed by atoms with Crippen LogP contribution in [0.2, 0.25) is 0 Å². The second-order valence-electron chi connectivity index (χ2n) is 6.93. The number of benzene rings is 1. The Bertz CT molecular complexity index is 788. The van der Waals surface area contributed by atoms with Crippen LogP contribution in [-0.2, 0) is 12.6 Å². The highest BCUT2D eigenvalue weighted by atomic mass is 19.4. The first-order chi connectivity index (χ1) is 13.8. The molecule has 0 saturated heterocycles. The minimum Gasteiger partial charge on any atom is -0.391 e. The maximum Gasteiger partial charge on any atom is 0.417 e. The summed E-state index contributed by atoms with van der Waals surface area (Å²) in [4.78, 5) is 3.93. The van der Waals surface area contributed by atoms with Gasteiger partial charge >= 0.3 is 6.18 Å². The quantitative estimate of drug-likeness (QED) is 0.379. The molecule has 2 N–H and O–H groups in total. The van der Waals surface area contributed by atoms with E-state index in [1.54, 1.807) is 12.3 Å². The van der Waals surface area contributed by atoms with Crippen molar-refractivity contribution >= 4 is 5.82 Å². The smallest absolute Gasteiger partial charge is 0.391 e. The minimum absolute atomic E-state index is 0.0616. The Kier molecular flexibility index (Phi) is 8.05. The monoisotopic (exact) mass is 409 g/mol. The van der Waals surface area contributed by atoms with Crippen LogP contribution in [0.5, 0.6) is 0 Å². The molecular weight excluding hydrogens is 382 g/mol. The van der Waals surface area contributed by atoms with E-state index in [0.29, 0.717) is 17.8 Å². The molecule has 0 bridgehead atoms. The fourth-order valence-electron chi connectivity index (χ4n) is 3.40. The lowest BCUT2D eigenvalue weighted by atomic mass is 9.86. The molecule has 0 aliphatic heterocycles. The second kappa shape index (κ2) is 10.3. The number of anilines is 1. The van der Waals surface area contributed by atoms with Gasteiger partial charge in [0.1, 0.15) is 11.6 Å². The van der Waals surface area contributed by atoms with Crippen molar-refractivity contribution in [3.05, 3.63) is 71.8 Å². The van der Waals surface area contributed by atoms with Gasteiger partial charge < -0.3 is 10.6 Å². The SMILES string of the molecule is C=CNCCCC(Nc1ccc(C(F)(F)F)cn1)C(C)c1cccc(F)c1CC. The normalized spacial score (nSPS) is 13.6. The van der Waals surface area contributed by atoms with Gasteiger partial charge in [-0.1, -0.05) is 32.6 Å². The summed E-state index contributed by atoms with van der Waals surface area (Å²) in [5.41, 5.74) is 0.770. The number of nitrogens with one attached hydrogen (secondary N) is 2. The first kappa shape index (κ1) is 22.7. The fourth-order valence-corrected chi connectivity index (χ4v) is 3.40. The molecule has 0 fully saturated rings. The lowest BCUT2D eigenvalue weighted by Gasteiger charge is -2.28. The highest BCUT2D eigenvalue weighted by molar-refractivity contribution is 5.40. The molecule has 0 spiro atoms. The van der Waals surface area contributed by atoms with Crippen molar-refractivity contribution in [1.29, 1.82) is 0 Å². The lowest BCUT2D eigenvalue weighted by Crippen LogP contribution is -2.28. The minimum atomic E-state index is -4.42. The number of alkyl halides is 3. The van der Waals surface area contributed by atoms with E-state index in [1.807, 2.05) is 19.9 Å². The number of halogens is 4. The van der Waals surface area contributed by atoms with Gasteiger partial charge in [0.05, 0.1) is 5.56 Å². The molecule has 29 heavy (non-hydrogen) atoms. The Morgan fingerprint density at radius 3 is 2.55 bits per heavy atom. The van der Waals surface area contributed by atoms with Gasteiger partial charge in [-0.05, 0) is 54.8 Å². The van der Waals surface area contributed by atoms with Gasteiger partial charge in [0, 0.05) is 24.7 Å². The molecule has 3 nitrogen and oxygen atoms in total. The number of pyridine rings is 1. The molecule has 2 atom stereocenters. The van der Waals surface area contributed by atoms with Crippen LogP contribution in [0.3, 0.4) is 0 Å². The zero-order valence-corrected chi connectivity index (χ0v) is 16.7. The number of rotatable bonds is 10. The van der Waals surface area contributed by atoms with Crippen molar-refractivity contribution < 1.29 is 17.6 Å². The predicted molar refractivity (Wildman–Crippen MR) is 108 cm³/mol. The van der Waals surface area contributed by atoms with Crippen molar-refractivity contribution in [2.75, 3.05) is 11.9 Å². The molecule has 0 aliphatic carbocycles. The highest BCUT2D eigenvalue weighted by Crippen LogP contribution is 2.31. The average Bonchev–Trinajstić information content (AvgIpc) is 2.69. The van der Waals surface area contributed by atoms with Gasteiger partial charge in [0.2, 0.25) is 0 Å². The van der Waals surface area contributed by atoms with E-state index in [2.05, 4.69) is 22.2 Å². The van der Waals surface area contributed by atoms with Crippen LogP contribution in [-0.4, -0.2) is 17.6 Å². The average molecular weight is 409 g/mol. The number of hydrogen-bond acceptors (Lipinski definition) is 3. The van der Waals surface area contributed by atoms with Crippen LogP contribution in [0.1, 0.15) is 49.3 Å². The summed E-state index contributed by atoms with van der Waals surface area (Å²) in [6.07, 6.45) is 0.117.